The largest absolute Gasteiger partial charge is 0.353 e. The van der Waals surface area contributed by atoms with Crippen LogP contribution in [-0.4, -0.2) is 46.5 Å². The van der Waals surface area contributed by atoms with Crippen molar-refractivity contribution in [2.24, 2.45) is 0 Å². The Morgan fingerprint density at radius 3 is 2.72 bits per heavy atom. The van der Waals surface area contributed by atoms with E-state index in [9.17, 15) is 4.79 Å². The molecule has 0 atom stereocenters. The van der Waals surface area contributed by atoms with Gasteiger partial charge < -0.3 is 19.5 Å². The van der Waals surface area contributed by atoms with Gasteiger partial charge in [-0.15, -0.1) is 0 Å². The van der Waals surface area contributed by atoms with Crippen LogP contribution >= 0.6 is 15.9 Å². The zero-order valence-electron chi connectivity index (χ0n) is 18.1. The van der Waals surface area contributed by atoms with Gasteiger partial charge in [0.15, 0.2) is 5.82 Å². The molecule has 2 amide bonds. The first-order chi connectivity index (χ1) is 15.6. The minimum Gasteiger partial charge on any atom is -0.353 e. The van der Waals surface area contributed by atoms with Crippen LogP contribution in [0, 0.1) is 6.92 Å². The fraction of sp³-hybridized carbons (Fsp3) is 0.280. The lowest BCUT2D eigenvalue weighted by molar-refractivity contribution is 0.201. The number of hydrogen-bond acceptors (Lipinski definition) is 3. The summed E-state index contributed by atoms with van der Waals surface area (Å²) in [5.74, 6) is 0.975. The van der Waals surface area contributed by atoms with E-state index in [1.54, 1.807) is 0 Å². The summed E-state index contributed by atoms with van der Waals surface area (Å²) in [4.78, 5) is 22.0. The molecule has 1 aliphatic heterocycles. The summed E-state index contributed by atoms with van der Waals surface area (Å²) in [5.41, 5.74) is 5.47. The first kappa shape index (κ1) is 20.8. The number of carbonyl (C=O) groups excluding carboxylic acids is 1. The van der Waals surface area contributed by atoms with Gasteiger partial charge in [0.05, 0.1) is 16.6 Å². The number of urea groups is 1. The van der Waals surface area contributed by atoms with Gasteiger partial charge in [-0.25, -0.2) is 9.78 Å². The minimum absolute atomic E-state index is 0.00402. The molecule has 4 aromatic rings. The molecular weight excluding hydrogens is 466 g/mol. The number of amides is 2. The first-order valence-corrected chi connectivity index (χ1v) is 11.8. The number of anilines is 1. The SMILES string of the molecule is Cc1ccc(CNC(=O)N2CCCN(c3nc4cc(Br)ccc4n4cccc34)CC2)cc1. The summed E-state index contributed by atoms with van der Waals surface area (Å²) in [5, 5.41) is 3.07. The molecule has 6 nitrogen and oxygen atoms in total. The van der Waals surface area contributed by atoms with Crippen molar-refractivity contribution in [1.82, 2.24) is 19.6 Å². The molecule has 0 saturated carbocycles. The number of nitrogens with one attached hydrogen (secondary N) is 1. The second kappa shape index (κ2) is 8.82. The molecule has 1 aliphatic rings. The van der Waals surface area contributed by atoms with Crippen molar-refractivity contribution in [3.05, 3.63) is 76.4 Å². The number of benzene rings is 2. The maximum atomic E-state index is 12.8. The third kappa shape index (κ3) is 4.17. The summed E-state index contributed by atoms with van der Waals surface area (Å²) in [6.07, 6.45) is 2.99. The van der Waals surface area contributed by atoms with E-state index in [0.29, 0.717) is 13.1 Å². The van der Waals surface area contributed by atoms with Crippen LogP contribution in [0.2, 0.25) is 0 Å². The number of rotatable bonds is 3. The third-order valence-corrected chi connectivity index (χ3v) is 6.54. The number of aromatic nitrogens is 2. The molecule has 1 N–H and O–H groups in total. The van der Waals surface area contributed by atoms with Gasteiger partial charge in [0, 0.05) is 43.4 Å². The van der Waals surface area contributed by atoms with Crippen molar-refractivity contribution >= 4 is 44.3 Å². The highest BCUT2D eigenvalue weighted by molar-refractivity contribution is 9.10. The van der Waals surface area contributed by atoms with Crippen LogP contribution in [0.15, 0.2) is 65.3 Å². The molecule has 1 saturated heterocycles. The average molecular weight is 492 g/mol. The van der Waals surface area contributed by atoms with Gasteiger partial charge in [0.2, 0.25) is 0 Å². The molecule has 32 heavy (non-hydrogen) atoms. The van der Waals surface area contributed by atoms with Gasteiger partial charge >= 0.3 is 6.03 Å². The maximum absolute atomic E-state index is 12.8. The predicted molar refractivity (Wildman–Crippen MR) is 132 cm³/mol. The molecule has 0 aliphatic carbocycles. The normalized spacial score (nSPS) is 14.7. The van der Waals surface area contributed by atoms with Crippen molar-refractivity contribution in [2.75, 3.05) is 31.1 Å². The number of fused-ring (bicyclic) bond motifs is 3. The average Bonchev–Trinajstić information content (AvgIpc) is 3.16. The fourth-order valence-electron chi connectivity index (χ4n) is 4.29. The van der Waals surface area contributed by atoms with Crippen LogP contribution < -0.4 is 10.2 Å². The second-order valence-electron chi connectivity index (χ2n) is 8.30. The van der Waals surface area contributed by atoms with E-state index in [1.807, 2.05) is 11.0 Å². The highest BCUT2D eigenvalue weighted by Crippen LogP contribution is 2.28. The summed E-state index contributed by atoms with van der Waals surface area (Å²) >= 11 is 3.57. The monoisotopic (exact) mass is 491 g/mol. The standard InChI is InChI=1S/C25H26BrN5O/c1-18-5-7-19(8-6-18)17-27-25(32)30-12-3-11-29(14-15-30)24-23-4-2-13-31(23)22-10-9-20(26)16-21(22)28-24/h2,4-10,13,16H,3,11-12,14-15,17H2,1H3,(H,27,32). The highest BCUT2D eigenvalue weighted by atomic mass is 79.9. The first-order valence-electron chi connectivity index (χ1n) is 11.0. The Bertz CT molecular complexity index is 1270. The maximum Gasteiger partial charge on any atom is 0.317 e. The van der Waals surface area contributed by atoms with Crippen molar-refractivity contribution in [1.29, 1.82) is 0 Å². The number of halogens is 1. The molecule has 0 radical (unpaired) electrons. The lowest BCUT2D eigenvalue weighted by Gasteiger charge is -2.24. The van der Waals surface area contributed by atoms with Crippen LogP contribution in [0.1, 0.15) is 17.5 Å². The van der Waals surface area contributed by atoms with Gasteiger partial charge in [-0.05, 0) is 49.2 Å². The lowest BCUT2D eigenvalue weighted by atomic mass is 10.1. The van der Waals surface area contributed by atoms with E-state index in [-0.39, 0.29) is 6.03 Å². The summed E-state index contributed by atoms with van der Waals surface area (Å²) in [6, 6.07) is 18.6. The Balaban J connectivity index is 1.31. The Hall–Kier alpha value is -3.06. The lowest BCUT2D eigenvalue weighted by Crippen LogP contribution is -2.41. The molecule has 0 bridgehead atoms. The summed E-state index contributed by atoms with van der Waals surface area (Å²) in [7, 11) is 0. The van der Waals surface area contributed by atoms with Crippen LogP contribution in [-0.2, 0) is 6.54 Å². The Morgan fingerprint density at radius 2 is 1.88 bits per heavy atom. The number of aryl methyl sites for hydroxylation is 1. The molecule has 1 fully saturated rings. The molecule has 7 heteroatoms. The Kier molecular flexibility index (Phi) is 5.74. The van der Waals surface area contributed by atoms with Gasteiger partial charge in [0.1, 0.15) is 0 Å². The fourth-order valence-corrected chi connectivity index (χ4v) is 4.64. The minimum atomic E-state index is -0.00402. The van der Waals surface area contributed by atoms with Crippen LogP contribution in [0.5, 0.6) is 0 Å². The van der Waals surface area contributed by atoms with Gasteiger partial charge in [-0.2, -0.15) is 0 Å². The summed E-state index contributed by atoms with van der Waals surface area (Å²) < 4.78 is 3.21. The van der Waals surface area contributed by atoms with Crippen LogP contribution in [0.4, 0.5) is 10.6 Å². The predicted octanol–water partition coefficient (Wildman–Crippen LogP) is 4.98. The van der Waals surface area contributed by atoms with E-state index in [2.05, 4.69) is 92.2 Å². The van der Waals surface area contributed by atoms with Crippen LogP contribution in [0.25, 0.3) is 16.6 Å². The Labute approximate surface area is 196 Å². The van der Waals surface area contributed by atoms with E-state index in [1.165, 1.54) is 5.56 Å². The molecule has 2 aromatic heterocycles. The molecule has 3 heterocycles. The van der Waals surface area contributed by atoms with Crippen molar-refractivity contribution < 1.29 is 4.79 Å². The molecule has 5 rings (SSSR count). The molecule has 164 valence electrons. The van der Waals surface area contributed by atoms with E-state index < -0.39 is 0 Å². The van der Waals surface area contributed by atoms with Gasteiger partial charge in [-0.3, -0.25) is 0 Å². The Morgan fingerprint density at radius 1 is 1.03 bits per heavy atom. The van der Waals surface area contributed by atoms with Crippen molar-refractivity contribution in [2.45, 2.75) is 19.9 Å². The number of hydrogen-bond donors (Lipinski definition) is 1. The molecular formula is C25H26BrN5O. The third-order valence-electron chi connectivity index (χ3n) is 6.05. The second-order valence-corrected chi connectivity index (χ2v) is 9.22. The van der Waals surface area contributed by atoms with Gasteiger partial charge in [-0.1, -0.05) is 45.8 Å². The highest BCUT2D eigenvalue weighted by Gasteiger charge is 2.22. The smallest absolute Gasteiger partial charge is 0.317 e. The quantitative estimate of drug-likeness (QED) is 0.439. The summed E-state index contributed by atoms with van der Waals surface area (Å²) in [6.45, 7) is 5.65. The zero-order valence-corrected chi connectivity index (χ0v) is 19.7. The van der Waals surface area contributed by atoms with E-state index >= 15 is 0 Å². The van der Waals surface area contributed by atoms with Crippen molar-refractivity contribution in [3.8, 4) is 0 Å². The van der Waals surface area contributed by atoms with Crippen molar-refractivity contribution in [3.63, 3.8) is 0 Å². The molecule has 0 spiro atoms. The zero-order chi connectivity index (χ0) is 22.1. The van der Waals surface area contributed by atoms with Gasteiger partial charge in [0.25, 0.3) is 0 Å². The number of nitrogens with zero attached hydrogens (tertiary/aromatic N) is 4. The number of carbonyl (C=O) groups is 1. The topological polar surface area (TPSA) is 52.9 Å². The van der Waals surface area contributed by atoms with E-state index in [4.69, 9.17) is 4.98 Å². The molecule has 0 unspecified atom stereocenters. The van der Waals surface area contributed by atoms with E-state index in [0.717, 1.165) is 58.5 Å². The van der Waals surface area contributed by atoms with Crippen LogP contribution in [0.3, 0.4) is 0 Å². The molecule has 2 aromatic carbocycles.